The van der Waals surface area contributed by atoms with Crippen molar-refractivity contribution in [3.05, 3.63) is 71.1 Å². The highest BCUT2D eigenvalue weighted by Crippen LogP contribution is 2.27. The summed E-state index contributed by atoms with van der Waals surface area (Å²) in [5, 5.41) is 20.9. The number of thiazole rings is 1. The smallest absolute Gasteiger partial charge is 0.268 e. The van der Waals surface area contributed by atoms with Gasteiger partial charge in [0.1, 0.15) is 11.6 Å². The van der Waals surface area contributed by atoms with Crippen LogP contribution in [-0.2, 0) is 9.59 Å². The largest absolute Gasteiger partial charge is 0.326 e. The Hall–Kier alpha value is -4.29. The third kappa shape index (κ3) is 4.49. The number of nitrogens with one attached hydrogen (secondary N) is 2. The van der Waals surface area contributed by atoms with Crippen LogP contribution in [0.3, 0.4) is 0 Å². The van der Waals surface area contributed by atoms with Gasteiger partial charge in [0.15, 0.2) is 0 Å². The van der Waals surface area contributed by atoms with Crippen LogP contribution < -0.4 is 10.6 Å². The molecular formula is C22H16N6O2S. The quantitative estimate of drug-likeness (QED) is 0.369. The van der Waals surface area contributed by atoms with Crippen molar-refractivity contribution in [2.75, 3.05) is 10.6 Å². The van der Waals surface area contributed by atoms with Crippen LogP contribution in [0.25, 0.3) is 22.3 Å². The minimum absolute atomic E-state index is 0.0434. The van der Waals surface area contributed by atoms with Crippen LogP contribution in [-0.4, -0.2) is 26.4 Å². The van der Waals surface area contributed by atoms with E-state index in [-0.39, 0.29) is 17.4 Å². The van der Waals surface area contributed by atoms with Crippen LogP contribution in [0.2, 0.25) is 0 Å². The van der Waals surface area contributed by atoms with Gasteiger partial charge in [0, 0.05) is 23.6 Å². The Kier molecular flexibility index (Phi) is 5.55. The van der Waals surface area contributed by atoms with E-state index in [1.165, 1.54) is 24.3 Å². The lowest BCUT2D eigenvalue weighted by Crippen LogP contribution is -2.14. The van der Waals surface area contributed by atoms with Crippen LogP contribution in [0.1, 0.15) is 12.5 Å². The van der Waals surface area contributed by atoms with Gasteiger partial charge in [-0.15, -0.1) is 16.4 Å². The molecule has 2 aromatic carbocycles. The van der Waals surface area contributed by atoms with E-state index in [2.05, 4.69) is 20.7 Å². The number of nitriles is 1. The Morgan fingerprint density at radius 1 is 1.10 bits per heavy atom. The fourth-order valence-electron chi connectivity index (χ4n) is 2.89. The number of anilines is 2. The normalized spacial score (nSPS) is 11.2. The molecule has 0 saturated heterocycles. The van der Waals surface area contributed by atoms with Crippen molar-refractivity contribution < 1.29 is 9.59 Å². The van der Waals surface area contributed by atoms with E-state index in [0.717, 1.165) is 16.8 Å². The van der Waals surface area contributed by atoms with E-state index in [4.69, 9.17) is 0 Å². The lowest BCUT2D eigenvalue weighted by Gasteiger charge is -2.03. The number of nitrogens with zero attached hydrogens (tertiary/aromatic N) is 4. The summed E-state index contributed by atoms with van der Waals surface area (Å²) in [6.45, 7) is 1.45. The molecule has 0 fully saturated rings. The monoisotopic (exact) mass is 428 g/mol. The maximum atomic E-state index is 12.5. The Morgan fingerprint density at radius 3 is 2.52 bits per heavy atom. The van der Waals surface area contributed by atoms with Gasteiger partial charge in [-0.25, -0.2) is 4.52 Å². The number of benzene rings is 2. The number of hydrogen-bond acceptors (Lipinski definition) is 6. The second-order valence-electron chi connectivity index (χ2n) is 6.54. The summed E-state index contributed by atoms with van der Waals surface area (Å²) >= 11 is 1.38. The number of hydrogen-bond donors (Lipinski definition) is 2. The highest BCUT2D eigenvalue weighted by molar-refractivity contribution is 7.15. The zero-order chi connectivity index (χ0) is 21.8. The number of carbonyl (C=O) groups is 2. The molecule has 152 valence electrons. The van der Waals surface area contributed by atoms with Crippen molar-refractivity contribution in [3.63, 3.8) is 0 Å². The van der Waals surface area contributed by atoms with Crippen LogP contribution in [0, 0.1) is 11.3 Å². The molecule has 0 radical (unpaired) electrons. The fourth-order valence-corrected chi connectivity index (χ4v) is 3.72. The summed E-state index contributed by atoms with van der Waals surface area (Å²) in [5.74, 6) is -0.603. The first kappa shape index (κ1) is 20.0. The zero-order valence-electron chi connectivity index (χ0n) is 16.4. The first-order valence-electron chi connectivity index (χ1n) is 9.24. The van der Waals surface area contributed by atoms with Crippen molar-refractivity contribution in [2.45, 2.75) is 6.92 Å². The van der Waals surface area contributed by atoms with E-state index in [9.17, 15) is 14.9 Å². The molecule has 31 heavy (non-hydrogen) atoms. The minimum atomic E-state index is -0.578. The average molecular weight is 428 g/mol. The minimum Gasteiger partial charge on any atom is -0.326 e. The van der Waals surface area contributed by atoms with Gasteiger partial charge in [-0.2, -0.15) is 10.2 Å². The molecule has 0 bridgehead atoms. The van der Waals surface area contributed by atoms with E-state index >= 15 is 0 Å². The van der Waals surface area contributed by atoms with Gasteiger partial charge in [0.2, 0.25) is 10.9 Å². The lowest BCUT2D eigenvalue weighted by molar-refractivity contribution is -0.114. The standard InChI is InChI=1S/C22H16N6O2S/c1-14(29)24-18-9-7-16(8-10-18)19-13-31-22-26-21(27-28(19)22)25-20(30)17(12-23)11-15-5-3-2-4-6-15/h2-11,13H,1H3,(H,24,29)(H,25,27,30)/b17-11+. The van der Waals surface area contributed by atoms with Crippen molar-refractivity contribution in [3.8, 4) is 17.3 Å². The topological polar surface area (TPSA) is 112 Å². The third-order valence-corrected chi connectivity index (χ3v) is 5.10. The summed E-state index contributed by atoms with van der Waals surface area (Å²) in [7, 11) is 0. The average Bonchev–Trinajstić information content (AvgIpc) is 3.33. The summed E-state index contributed by atoms with van der Waals surface area (Å²) in [6.07, 6.45) is 1.51. The van der Waals surface area contributed by atoms with Gasteiger partial charge in [-0.1, -0.05) is 42.5 Å². The molecule has 0 aliphatic heterocycles. The second-order valence-corrected chi connectivity index (χ2v) is 7.38. The Balaban J connectivity index is 1.56. The molecule has 2 heterocycles. The number of carbonyl (C=O) groups excluding carboxylic acids is 2. The molecule has 8 nitrogen and oxygen atoms in total. The first-order valence-corrected chi connectivity index (χ1v) is 10.1. The van der Waals surface area contributed by atoms with Gasteiger partial charge in [-0.3, -0.25) is 14.9 Å². The highest BCUT2D eigenvalue weighted by atomic mass is 32.1. The Bertz CT molecular complexity index is 1330. The number of fused-ring (bicyclic) bond motifs is 1. The molecule has 0 saturated carbocycles. The fraction of sp³-hybridized carbons (Fsp3) is 0.0455. The summed E-state index contributed by atoms with van der Waals surface area (Å²) in [5.41, 5.74) is 3.08. The maximum Gasteiger partial charge on any atom is 0.268 e. The van der Waals surface area contributed by atoms with E-state index < -0.39 is 5.91 Å². The first-order chi connectivity index (χ1) is 15.0. The molecule has 0 aliphatic carbocycles. The van der Waals surface area contributed by atoms with Gasteiger partial charge < -0.3 is 5.32 Å². The molecule has 2 N–H and O–H groups in total. The van der Waals surface area contributed by atoms with Gasteiger partial charge in [0.05, 0.1) is 5.69 Å². The maximum absolute atomic E-state index is 12.5. The second kappa shape index (κ2) is 8.61. The van der Waals surface area contributed by atoms with Crippen molar-refractivity contribution in [1.82, 2.24) is 14.6 Å². The zero-order valence-corrected chi connectivity index (χ0v) is 17.2. The van der Waals surface area contributed by atoms with Crippen LogP contribution in [0.4, 0.5) is 11.6 Å². The molecule has 0 unspecified atom stereocenters. The molecule has 2 aromatic heterocycles. The Labute approximate surface area is 181 Å². The van der Waals surface area contributed by atoms with Crippen molar-refractivity contribution >= 4 is 45.8 Å². The van der Waals surface area contributed by atoms with Crippen LogP contribution in [0.5, 0.6) is 0 Å². The van der Waals surface area contributed by atoms with Gasteiger partial charge in [0.25, 0.3) is 11.9 Å². The van der Waals surface area contributed by atoms with Crippen molar-refractivity contribution in [1.29, 1.82) is 5.26 Å². The molecule has 4 rings (SSSR count). The molecule has 2 amide bonds. The lowest BCUT2D eigenvalue weighted by atomic mass is 10.1. The highest BCUT2D eigenvalue weighted by Gasteiger charge is 2.16. The Morgan fingerprint density at radius 2 is 1.84 bits per heavy atom. The SMILES string of the molecule is CC(=O)Nc1ccc(-c2csc3nc(NC(=O)/C(C#N)=C/c4ccccc4)nn23)cc1. The number of aromatic nitrogens is 3. The van der Waals surface area contributed by atoms with Crippen LogP contribution in [0.15, 0.2) is 65.6 Å². The summed E-state index contributed by atoms with van der Waals surface area (Å²) < 4.78 is 1.63. The van der Waals surface area contributed by atoms with Crippen LogP contribution >= 0.6 is 11.3 Å². The van der Waals surface area contributed by atoms with Gasteiger partial charge >= 0.3 is 0 Å². The van der Waals surface area contributed by atoms with Crippen molar-refractivity contribution in [2.24, 2.45) is 0 Å². The third-order valence-electron chi connectivity index (χ3n) is 4.28. The molecule has 9 heteroatoms. The molecule has 0 atom stereocenters. The molecule has 0 aliphatic rings. The molecule has 4 aromatic rings. The number of rotatable bonds is 5. The number of amides is 2. The molecule has 0 spiro atoms. The van der Waals surface area contributed by atoms with Gasteiger partial charge in [-0.05, 0) is 23.8 Å². The molecular weight excluding hydrogens is 412 g/mol. The summed E-state index contributed by atoms with van der Waals surface area (Å²) in [6, 6.07) is 18.4. The predicted molar refractivity (Wildman–Crippen MR) is 119 cm³/mol. The predicted octanol–water partition coefficient (Wildman–Crippen LogP) is 3.96. The summed E-state index contributed by atoms with van der Waals surface area (Å²) in [4.78, 5) is 28.6. The van der Waals surface area contributed by atoms with E-state index in [1.807, 2.05) is 41.8 Å². The van der Waals surface area contributed by atoms with E-state index in [0.29, 0.717) is 10.6 Å². The van der Waals surface area contributed by atoms with E-state index in [1.54, 1.807) is 28.8 Å².